The van der Waals surface area contributed by atoms with Crippen LogP contribution in [0.5, 0.6) is 5.75 Å². The highest BCUT2D eigenvalue weighted by Crippen LogP contribution is 2.21. The largest absolute Gasteiger partial charge is 0.493 e. The number of benzene rings is 2. The number of aromatic nitrogens is 2. The number of para-hydroxylation sites is 2. The van der Waals surface area contributed by atoms with Crippen LogP contribution in [0.3, 0.4) is 0 Å². The molecule has 0 spiro atoms. The van der Waals surface area contributed by atoms with Crippen LogP contribution in [0.25, 0.3) is 11.0 Å². The first kappa shape index (κ1) is 22.6. The summed E-state index contributed by atoms with van der Waals surface area (Å²) in [5.74, 6) is 2.59. The molecule has 0 aliphatic rings. The van der Waals surface area contributed by atoms with E-state index >= 15 is 0 Å². The first-order valence-electron chi connectivity index (χ1n) is 10.8. The van der Waals surface area contributed by atoms with Crippen molar-refractivity contribution >= 4 is 17.0 Å². The number of rotatable bonds is 10. The Morgan fingerprint density at radius 2 is 1.97 bits per heavy atom. The SMILES string of the molecule is CCNC(=NCc1ccc(C)cc1OCCCOC)NCc1nc2ccccc2n1C. The number of aliphatic imine (C=N–C) groups is 1. The Hall–Kier alpha value is -3.06. The van der Waals surface area contributed by atoms with E-state index in [1.54, 1.807) is 7.11 Å². The number of guanidine groups is 1. The minimum absolute atomic E-state index is 0.526. The Labute approximate surface area is 184 Å². The van der Waals surface area contributed by atoms with Gasteiger partial charge in [-0.3, -0.25) is 0 Å². The number of nitrogens with zero attached hydrogens (tertiary/aromatic N) is 3. The molecule has 0 aliphatic heterocycles. The van der Waals surface area contributed by atoms with Crippen LogP contribution in [0.2, 0.25) is 0 Å². The molecule has 0 radical (unpaired) electrons. The standard InChI is InChI=1S/C24H33N5O2/c1-5-25-24(27-17-23-28-20-9-6-7-10-21(20)29(23)3)26-16-19-12-11-18(2)15-22(19)31-14-8-13-30-4/h6-7,9-12,15H,5,8,13-14,16-17H2,1-4H3,(H2,25,26,27). The summed E-state index contributed by atoms with van der Waals surface area (Å²) in [7, 11) is 3.74. The summed E-state index contributed by atoms with van der Waals surface area (Å²) in [5, 5.41) is 6.71. The summed E-state index contributed by atoms with van der Waals surface area (Å²) in [4.78, 5) is 9.49. The van der Waals surface area contributed by atoms with E-state index in [0.29, 0.717) is 26.3 Å². The highest BCUT2D eigenvalue weighted by Gasteiger charge is 2.09. The Balaban J connectivity index is 1.68. The van der Waals surface area contributed by atoms with Crippen LogP contribution in [0.15, 0.2) is 47.5 Å². The van der Waals surface area contributed by atoms with Gasteiger partial charge >= 0.3 is 0 Å². The van der Waals surface area contributed by atoms with E-state index in [2.05, 4.69) is 53.3 Å². The molecule has 2 N–H and O–H groups in total. The van der Waals surface area contributed by atoms with Crippen molar-refractivity contribution in [1.29, 1.82) is 0 Å². The second-order valence-corrected chi connectivity index (χ2v) is 7.43. The third kappa shape index (κ3) is 6.21. The minimum Gasteiger partial charge on any atom is -0.493 e. The average molecular weight is 424 g/mol. The normalized spacial score (nSPS) is 11.7. The van der Waals surface area contributed by atoms with E-state index in [-0.39, 0.29) is 0 Å². The van der Waals surface area contributed by atoms with Gasteiger partial charge in [0.15, 0.2) is 5.96 Å². The molecule has 0 fully saturated rings. The van der Waals surface area contributed by atoms with Crippen molar-refractivity contribution in [3.8, 4) is 5.75 Å². The number of methoxy groups -OCH3 is 1. The second kappa shape index (κ2) is 11.4. The molecule has 3 rings (SSSR count). The molecule has 0 saturated carbocycles. The number of nitrogens with one attached hydrogen (secondary N) is 2. The fourth-order valence-corrected chi connectivity index (χ4v) is 3.33. The molecule has 1 aromatic heterocycles. The summed E-state index contributed by atoms with van der Waals surface area (Å²) >= 11 is 0. The molecule has 0 aliphatic carbocycles. The molecule has 0 amide bonds. The maximum Gasteiger partial charge on any atom is 0.191 e. The number of hydrogen-bond acceptors (Lipinski definition) is 4. The van der Waals surface area contributed by atoms with Gasteiger partial charge in [-0.2, -0.15) is 0 Å². The molecule has 0 unspecified atom stereocenters. The van der Waals surface area contributed by atoms with E-state index in [0.717, 1.165) is 47.1 Å². The lowest BCUT2D eigenvalue weighted by Gasteiger charge is -2.14. The van der Waals surface area contributed by atoms with Crippen molar-refractivity contribution in [2.45, 2.75) is 33.4 Å². The molecule has 0 bridgehead atoms. The number of aryl methyl sites for hydroxylation is 2. The fraction of sp³-hybridized carbons (Fsp3) is 0.417. The van der Waals surface area contributed by atoms with Gasteiger partial charge in [0.2, 0.25) is 0 Å². The number of ether oxygens (including phenoxy) is 2. The highest BCUT2D eigenvalue weighted by molar-refractivity contribution is 5.80. The third-order valence-corrected chi connectivity index (χ3v) is 5.02. The van der Waals surface area contributed by atoms with Gasteiger partial charge in [0, 0.05) is 39.3 Å². The van der Waals surface area contributed by atoms with Crippen LogP contribution in [0.4, 0.5) is 0 Å². The monoisotopic (exact) mass is 423 g/mol. The molecule has 0 atom stereocenters. The number of fused-ring (bicyclic) bond motifs is 1. The highest BCUT2D eigenvalue weighted by atomic mass is 16.5. The van der Waals surface area contributed by atoms with Crippen molar-refractivity contribution < 1.29 is 9.47 Å². The maximum atomic E-state index is 5.99. The van der Waals surface area contributed by atoms with Gasteiger partial charge in [0.25, 0.3) is 0 Å². The van der Waals surface area contributed by atoms with Crippen LogP contribution < -0.4 is 15.4 Å². The van der Waals surface area contributed by atoms with Crippen molar-refractivity contribution in [3.63, 3.8) is 0 Å². The molecule has 166 valence electrons. The van der Waals surface area contributed by atoms with E-state index in [4.69, 9.17) is 19.5 Å². The van der Waals surface area contributed by atoms with Gasteiger partial charge in [0.1, 0.15) is 11.6 Å². The molecular formula is C24H33N5O2. The minimum atomic E-state index is 0.526. The van der Waals surface area contributed by atoms with Crippen molar-refractivity contribution in [2.75, 3.05) is 26.9 Å². The fourth-order valence-electron chi connectivity index (χ4n) is 3.33. The number of hydrogen-bond donors (Lipinski definition) is 2. The topological polar surface area (TPSA) is 72.7 Å². The molecule has 31 heavy (non-hydrogen) atoms. The molecule has 0 saturated heterocycles. The van der Waals surface area contributed by atoms with Crippen molar-refractivity contribution in [2.24, 2.45) is 12.0 Å². The van der Waals surface area contributed by atoms with Gasteiger partial charge in [-0.15, -0.1) is 0 Å². The molecule has 2 aromatic carbocycles. The van der Waals surface area contributed by atoms with Crippen LogP contribution in [-0.4, -0.2) is 42.4 Å². The third-order valence-electron chi connectivity index (χ3n) is 5.02. The van der Waals surface area contributed by atoms with E-state index in [1.807, 2.05) is 25.2 Å². The summed E-state index contributed by atoms with van der Waals surface area (Å²) in [5.41, 5.74) is 4.35. The van der Waals surface area contributed by atoms with Gasteiger partial charge in [0.05, 0.1) is 30.7 Å². The van der Waals surface area contributed by atoms with Crippen molar-refractivity contribution in [3.05, 3.63) is 59.4 Å². The maximum absolute atomic E-state index is 5.99. The molecule has 1 heterocycles. The molecule has 3 aromatic rings. The van der Waals surface area contributed by atoms with Gasteiger partial charge < -0.3 is 24.7 Å². The van der Waals surface area contributed by atoms with Gasteiger partial charge in [-0.25, -0.2) is 9.98 Å². The zero-order chi connectivity index (χ0) is 22.1. The lowest BCUT2D eigenvalue weighted by Crippen LogP contribution is -2.37. The summed E-state index contributed by atoms with van der Waals surface area (Å²) < 4.78 is 13.2. The Morgan fingerprint density at radius 3 is 2.74 bits per heavy atom. The average Bonchev–Trinajstić information content (AvgIpc) is 3.10. The number of imidazole rings is 1. The Bertz CT molecular complexity index is 1010. The first-order chi connectivity index (χ1) is 15.1. The predicted octanol–water partition coefficient (Wildman–Crippen LogP) is 3.55. The first-order valence-corrected chi connectivity index (χ1v) is 10.8. The van der Waals surface area contributed by atoms with Gasteiger partial charge in [-0.1, -0.05) is 24.3 Å². The molecule has 7 heteroatoms. The van der Waals surface area contributed by atoms with E-state index in [1.165, 1.54) is 5.56 Å². The zero-order valence-electron chi connectivity index (χ0n) is 18.9. The molecular weight excluding hydrogens is 390 g/mol. The lowest BCUT2D eigenvalue weighted by molar-refractivity contribution is 0.172. The van der Waals surface area contributed by atoms with Crippen LogP contribution in [-0.2, 0) is 24.9 Å². The molecule has 7 nitrogen and oxygen atoms in total. The second-order valence-electron chi connectivity index (χ2n) is 7.43. The predicted molar refractivity (Wildman–Crippen MR) is 126 cm³/mol. The quantitative estimate of drug-likeness (QED) is 0.296. The summed E-state index contributed by atoms with van der Waals surface area (Å²) in [6, 6.07) is 14.4. The summed E-state index contributed by atoms with van der Waals surface area (Å²) in [6.45, 7) is 7.33. The van der Waals surface area contributed by atoms with Crippen molar-refractivity contribution in [1.82, 2.24) is 20.2 Å². The smallest absolute Gasteiger partial charge is 0.191 e. The van der Waals surface area contributed by atoms with E-state index in [9.17, 15) is 0 Å². The van der Waals surface area contributed by atoms with E-state index < -0.39 is 0 Å². The van der Waals surface area contributed by atoms with Crippen LogP contribution >= 0.6 is 0 Å². The van der Waals surface area contributed by atoms with Crippen LogP contribution in [0, 0.1) is 6.92 Å². The zero-order valence-corrected chi connectivity index (χ0v) is 18.9. The summed E-state index contributed by atoms with van der Waals surface area (Å²) in [6.07, 6.45) is 0.857. The lowest BCUT2D eigenvalue weighted by atomic mass is 10.1. The Morgan fingerprint density at radius 1 is 1.13 bits per heavy atom. The van der Waals surface area contributed by atoms with Gasteiger partial charge in [-0.05, 0) is 37.6 Å². The Kier molecular flexibility index (Phi) is 8.29. The van der Waals surface area contributed by atoms with Crippen LogP contribution in [0.1, 0.15) is 30.3 Å².